The first-order valence-electron chi connectivity index (χ1n) is 5.77. The molecule has 0 aliphatic carbocycles. The van der Waals surface area contributed by atoms with Gasteiger partial charge in [-0.2, -0.15) is 0 Å². The third kappa shape index (κ3) is 2.17. The minimum absolute atomic E-state index is 0.253. The van der Waals surface area contributed by atoms with Crippen LogP contribution in [0, 0.1) is 5.82 Å². The topological polar surface area (TPSA) is 33.4 Å². The number of aliphatic hydroxyl groups excluding tert-OH is 1. The maximum Gasteiger partial charge on any atom is 0.138 e. The third-order valence-electron chi connectivity index (χ3n) is 2.99. The summed E-state index contributed by atoms with van der Waals surface area (Å²) in [6.07, 6.45) is -1.00. The molecule has 19 heavy (non-hydrogen) atoms. The lowest BCUT2D eigenvalue weighted by atomic mass is 10.1. The van der Waals surface area contributed by atoms with Crippen molar-refractivity contribution in [3.8, 4) is 0 Å². The van der Waals surface area contributed by atoms with E-state index in [4.69, 9.17) is 4.42 Å². The molecule has 0 spiro atoms. The van der Waals surface area contributed by atoms with Crippen molar-refractivity contribution < 1.29 is 13.9 Å². The highest BCUT2D eigenvalue weighted by atomic mass is 79.9. The fraction of sp³-hybridized carbons (Fsp3) is 0.0667. The molecule has 1 unspecified atom stereocenters. The van der Waals surface area contributed by atoms with Crippen LogP contribution in [0.1, 0.15) is 17.4 Å². The lowest BCUT2D eigenvalue weighted by Crippen LogP contribution is -2.00. The maximum absolute atomic E-state index is 13.5. The summed E-state index contributed by atoms with van der Waals surface area (Å²) in [4.78, 5) is 0. The van der Waals surface area contributed by atoms with Gasteiger partial charge in [-0.05, 0) is 34.1 Å². The van der Waals surface area contributed by atoms with E-state index in [1.165, 1.54) is 6.07 Å². The zero-order valence-corrected chi connectivity index (χ0v) is 11.4. The number of halogens is 2. The molecule has 96 valence electrons. The van der Waals surface area contributed by atoms with E-state index in [1.54, 1.807) is 18.2 Å². The zero-order chi connectivity index (χ0) is 13.4. The van der Waals surface area contributed by atoms with Crippen LogP contribution >= 0.6 is 15.9 Å². The molecule has 0 aliphatic rings. The Morgan fingerprint density at radius 1 is 1.11 bits per heavy atom. The van der Waals surface area contributed by atoms with Gasteiger partial charge in [0.25, 0.3) is 0 Å². The molecule has 3 rings (SSSR count). The Hall–Kier alpha value is -1.65. The molecule has 1 atom stereocenters. The van der Waals surface area contributed by atoms with Crippen LogP contribution in [0.25, 0.3) is 11.0 Å². The van der Waals surface area contributed by atoms with E-state index < -0.39 is 11.9 Å². The number of aliphatic hydroxyl groups is 1. The average molecular weight is 321 g/mol. The van der Waals surface area contributed by atoms with E-state index in [1.807, 2.05) is 24.3 Å². The van der Waals surface area contributed by atoms with Gasteiger partial charge in [0.2, 0.25) is 0 Å². The van der Waals surface area contributed by atoms with Crippen molar-refractivity contribution in [1.82, 2.24) is 0 Å². The summed E-state index contributed by atoms with van der Waals surface area (Å²) >= 11 is 3.15. The van der Waals surface area contributed by atoms with Gasteiger partial charge in [0, 0.05) is 10.9 Å². The minimum atomic E-state index is -1.00. The van der Waals surface area contributed by atoms with E-state index in [2.05, 4.69) is 15.9 Å². The highest BCUT2D eigenvalue weighted by Gasteiger charge is 2.19. The van der Waals surface area contributed by atoms with Gasteiger partial charge in [0.1, 0.15) is 23.3 Å². The van der Waals surface area contributed by atoms with E-state index in [9.17, 15) is 9.50 Å². The molecule has 4 heteroatoms. The molecule has 2 nitrogen and oxygen atoms in total. The molecular formula is C15H10BrFO2. The molecule has 0 saturated heterocycles. The summed E-state index contributed by atoms with van der Waals surface area (Å²) in [6, 6.07) is 13.8. The fourth-order valence-corrected chi connectivity index (χ4v) is 2.50. The van der Waals surface area contributed by atoms with Crippen molar-refractivity contribution in [2.45, 2.75) is 6.10 Å². The summed E-state index contributed by atoms with van der Waals surface area (Å²) in [5.74, 6) is -0.0137. The average Bonchev–Trinajstić information content (AvgIpc) is 2.85. The number of fused-ring (bicyclic) bond motifs is 1. The molecule has 1 N–H and O–H groups in total. The van der Waals surface area contributed by atoms with Crippen LogP contribution in [0.2, 0.25) is 0 Å². The monoisotopic (exact) mass is 320 g/mol. The van der Waals surface area contributed by atoms with Crippen LogP contribution < -0.4 is 0 Å². The first-order valence-corrected chi connectivity index (χ1v) is 6.56. The second kappa shape index (κ2) is 4.79. The normalized spacial score (nSPS) is 12.8. The summed E-state index contributed by atoms with van der Waals surface area (Å²) in [7, 11) is 0. The number of para-hydroxylation sites is 1. The highest BCUT2D eigenvalue weighted by Crippen LogP contribution is 2.33. The Morgan fingerprint density at radius 2 is 1.89 bits per heavy atom. The number of hydrogen-bond donors (Lipinski definition) is 1. The number of hydrogen-bond acceptors (Lipinski definition) is 2. The van der Waals surface area contributed by atoms with Crippen LogP contribution in [-0.2, 0) is 0 Å². The van der Waals surface area contributed by atoms with Gasteiger partial charge in [-0.3, -0.25) is 0 Å². The molecule has 0 amide bonds. The van der Waals surface area contributed by atoms with Crippen molar-refractivity contribution in [1.29, 1.82) is 0 Å². The summed E-state index contributed by atoms with van der Waals surface area (Å²) in [6.45, 7) is 0. The lowest BCUT2D eigenvalue weighted by molar-refractivity contribution is 0.191. The van der Waals surface area contributed by atoms with Crippen LogP contribution in [0.15, 0.2) is 57.4 Å². The zero-order valence-electron chi connectivity index (χ0n) is 9.81. The van der Waals surface area contributed by atoms with Gasteiger partial charge in [-0.1, -0.05) is 30.3 Å². The van der Waals surface area contributed by atoms with Crippen LogP contribution in [0.3, 0.4) is 0 Å². The van der Waals surface area contributed by atoms with Crippen molar-refractivity contribution in [3.05, 3.63) is 70.1 Å². The lowest BCUT2D eigenvalue weighted by Gasteiger charge is -2.10. The number of rotatable bonds is 2. The largest absolute Gasteiger partial charge is 0.458 e. The van der Waals surface area contributed by atoms with Crippen LogP contribution in [0.4, 0.5) is 4.39 Å². The fourth-order valence-electron chi connectivity index (χ4n) is 2.02. The Balaban J connectivity index is 2.08. The molecule has 2 aromatic carbocycles. The van der Waals surface area contributed by atoms with Crippen molar-refractivity contribution in [2.75, 3.05) is 0 Å². The molecule has 0 saturated carbocycles. The van der Waals surface area contributed by atoms with Gasteiger partial charge >= 0.3 is 0 Å². The predicted molar refractivity (Wildman–Crippen MR) is 74.4 cm³/mol. The van der Waals surface area contributed by atoms with Crippen LogP contribution in [0.5, 0.6) is 0 Å². The van der Waals surface area contributed by atoms with Crippen LogP contribution in [-0.4, -0.2) is 5.11 Å². The SMILES string of the molecule is OC(c1cc2ccccc2o1)c1cccc(F)c1Br. The molecular weight excluding hydrogens is 311 g/mol. The van der Waals surface area contributed by atoms with Gasteiger partial charge in [-0.15, -0.1) is 0 Å². The Morgan fingerprint density at radius 3 is 2.68 bits per heavy atom. The standard InChI is InChI=1S/C15H10BrFO2/c16-14-10(5-3-6-11(14)17)15(18)13-8-9-4-1-2-7-12(9)19-13/h1-8,15,18H. The Kier molecular flexibility index (Phi) is 3.12. The van der Waals surface area contributed by atoms with Gasteiger partial charge in [0.15, 0.2) is 0 Å². The van der Waals surface area contributed by atoms with Crippen molar-refractivity contribution >= 4 is 26.9 Å². The van der Waals surface area contributed by atoms with E-state index in [-0.39, 0.29) is 4.47 Å². The van der Waals surface area contributed by atoms with E-state index in [0.29, 0.717) is 16.9 Å². The molecule has 0 fully saturated rings. The maximum atomic E-state index is 13.5. The van der Waals surface area contributed by atoms with Gasteiger partial charge < -0.3 is 9.52 Å². The first-order chi connectivity index (χ1) is 9.16. The van der Waals surface area contributed by atoms with Crippen molar-refractivity contribution in [2.24, 2.45) is 0 Å². The molecule has 3 aromatic rings. The van der Waals surface area contributed by atoms with E-state index in [0.717, 1.165) is 5.39 Å². The summed E-state index contributed by atoms with van der Waals surface area (Å²) in [5, 5.41) is 11.2. The Bertz CT molecular complexity index is 703. The van der Waals surface area contributed by atoms with Gasteiger partial charge in [0.05, 0.1) is 4.47 Å². The number of furan rings is 1. The second-order valence-corrected chi connectivity index (χ2v) is 5.03. The third-order valence-corrected chi connectivity index (χ3v) is 3.83. The molecule has 0 radical (unpaired) electrons. The minimum Gasteiger partial charge on any atom is -0.458 e. The molecule has 1 aromatic heterocycles. The quantitative estimate of drug-likeness (QED) is 0.758. The number of benzene rings is 2. The molecule has 0 bridgehead atoms. The Labute approximate surface area is 117 Å². The predicted octanol–water partition coefficient (Wildman–Crippen LogP) is 4.42. The first kappa shape index (κ1) is 12.4. The smallest absolute Gasteiger partial charge is 0.138 e. The molecule has 1 heterocycles. The molecule has 0 aliphatic heterocycles. The van der Waals surface area contributed by atoms with Gasteiger partial charge in [-0.25, -0.2) is 4.39 Å². The summed E-state index contributed by atoms with van der Waals surface area (Å²) < 4.78 is 19.3. The highest BCUT2D eigenvalue weighted by molar-refractivity contribution is 9.10. The summed E-state index contributed by atoms with van der Waals surface area (Å²) in [5.41, 5.74) is 1.14. The second-order valence-electron chi connectivity index (χ2n) is 4.23. The van der Waals surface area contributed by atoms with Crippen molar-refractivity contribution in [3.63, 3.8) is 0 Å². The van der Waals surface area contributed by atoms with E-state index >= 15 is 0 Å².